The summed E-state index contributed by atoms with van der Waals surface area (Å²) in [6.45, 7) is 0. The largest absolute Gasteiger partial charge is 0.398 e. The lowest BCUT2D eigenvalue weighted by atomic mass is 9.94. The molecule has 3 rings (SSSR count). The first-order valence-electron chi connectivity index (χ1n) is 6.45. The van der Waals surface area contributed by atoms with Gasteiger partial charge in [-0.25, -0.2) is 0 Å². The standard InChI is InChI=1S/C18H14ClN/c19-17-11-10-14(12-18(17)20)16-9-5-4-8-15(16)13-6-2-1-3-7-13/h1-12H,20H2. The van der Waals surface area contributed by atoms with E-state index in [-0.39, 0.29) is 0 Å². The van der Waals surface area contributed by atoms with E-state index in [4.69, 9.17) is 17.3 Å². The number of hydrogen-bond donors (Lipinski definition) is 1. The maximum absolute atomic E-state index is 6.00. The Bertz CT molecular complexity index is 735. The van der Waals surface area contributed by atoms with Gasteiger partial charge in [0.1, 0.15) is 0 Å². The summed E-state index contributed by atoms with van der Waals surface area (Å²) in [5.41, 5.74) is 11.1. The van der Waals surface area contributed by atoms with Gasteiger partial charge in [-0.1, -0.05) is 72.3 Å². The van der Waals surface area contributed by atoms with Gasteiger partial charge in [0.25, 0.3) is 0 Å². The van der Waals surface area contributed by atoms with E-state index in [2.05, 4.69) is 24.3 Å². The first-order valence-corrected chi connectivity index (χ1v) is 6.83. The van der Waals surface area contributed by atoms with Crippen molar-refractivity contribution in [2.45, 2.75) is 0 Å². The zero-order valence-corrected chi connectivity index (χ0v) is 11.6. The summed E-state index contributed by atoms with van der Waals surface area (Å²) in [4.78, 5) is 0. The number of anilines is 1. The van der Waals surface area contributed by atoms with Gasteiger partial charge in [-0.05, 0) is 34.4 Å². The van der Waals surface area contributed by atoms with Crippen molar-refractivity contribution < 1.29 is 0 Å². The summed E-state index contributed by atoms with van der Waals surface area (Å²) < 4.78 is 0. The van der Waals surface area contributed by atoms with Gasteiger partial charge in [0.15, 0.2) is 0 Å². The van der Waals surface area contributed by atoms with E-state index in [1.807, 2.05) is 48.5 Å². The molecule has 0 saturated heterocycles. The minimum absolute atomic E-state index is 0.589. The highest BCUT2D eigenvalue weighted by Gasteiger charge is 2.07. The van der Waals surface area contributed by atoms with Crippen LogP contribution in [0.1, 0.15) is 0 Å². The summed E-state index contributed by atoms with van der Waals surface area (Å²) in [6.07, 6.45) is 0. The molecule has 0 aliphatic carbocycles. The fraction of sp³-hybridized carbons (Fsp3) is 0. The number of benzene rings is 3. The van der Waals surface area contributed by atoms with Crippen molar-refractivity contribution in [1.29, 1.82) is 0 Å². The van der Waals surface area contributed by atoms with E-state index in [0.29, 0.717) is 10.7 Å². The molecule has 0 amide bonds. The van der Waals surface area contributed by atoms with Gasteiger partial charge in [0.05, 0.1) is 10.7 Å². The lowest BCUT2D eigenvalue weighted by Crippen LogP contribution is -1.89. The molecule has 98 valence electrons. The van der Waals surface area contributed by atoms with Gasteiger partial charge in [0.2, 0.25) is 0 Å². The fourth-order valence-corrected chi connectivity index (χ4v) is 2.43. The third kappa shape index (κ3) is 2.40. The lowest BCUT2D eigenvalue weighted by molar-refractivity contribution is 1.58. The molecular formula is C18H14ClN. The van der Waals surface area contributed by atoms with Gasteiger partial charge in [-0.15, -0.1) is 0 Å². The smallest absolute Gasteiger partial charge is 0.0635 e. The number of nitrogen functional groups attached to an aromatic ring is 1. The van der Waals surface area contributed by atoms with Gasteiger partial charge in [-0.2, -0.15) is 0 Å². The molecule has 0 heterocycles. The Morgan fingerprint density at radius 3 is 1.90 bits per heavy atom. The molecule has 0 atom stereocenters. The van der Waals surface area contributed by atoms with Crippen molar-refractivity contribution in [3.8, 4) is 22.3 Å². The molecule has 0 spiro atoms. The molecule has 3 aromatic carbocycles. The SMILES string of the molecule is Nc1cc(-c2ccccc2-c2ccccc2)ccc1Cl. The molecule has 0 bridgehead atoms. The van der Waals surface area contributed by atoms with Gasteiger partial charge in [-0.3, -0.25) is 0 Å². The Kier molecular flexibility index (Phi) is 3.44. The van der Waals surface area contributed by atoms with E-state index in [9.17, 15) is 0 Å². The maximum atomic E-state index is 6.00. The van der Waals surface area contributed by atoms with Crippen molar-refractivity contribution >= 4 is 17.3 Å². The first kappa shape index (κ1) is 12.8. The number of rotatable bonds is 2. The molecule has 0 aromatic heterocycles. The summed E-state index contributed by atoms with van der Waals surface area (Å²) in [6, 6.07) is 24.4. The Balaban J connectivity index is 2.17. The number of halogens is 1. The number of nitrogens with two attached hydrogens (primary N) is 1. The molecule has 20 heavy (non-hydrogen) atoms. The van der Waals surface area contributed by atoms with Gasteiger partial charge < -0.3 is 5.73 Å². The van der Waals surface area contributed by atoms with E-state index < -0.39 is 0 Å². The first-order chi connectivity index (χ1) is 9.75. The zero-order valence-electron chi connectivity index (χ0n) is 10.9. The zero-order chi connectivity index (χ0) is 13.9. The van der Waals surface area contributed by atoms with Crippen LogP contribution in [0.4, 0.5) is 5.69 Å². The second-order valence-electron chi connectivity index (χ2n) is 4.65. The fourth-order valence-electron chi connectivity index (χ4n) is 2.32. The summed E-state index contributed by atoms with van der Waals surface area (Å²) in [7, 11) is 0. The molecular weight excluding hydrogens is 266 g/mol. The predicted octanol–water partition coefficient (Wildman–Crippen LogP) is 5.26. The molecule has 0 saturated carbocycles. The molecule has 0 aliphatic heterocycles. The van der Waals surface area contributed by atoms with Crippen molar-refractivity contribution in [2.75, 3.05) is 5.73 Å². The third-order valence-corrected chi connectivity index (χ3v) is 3.66. The van der Waals surface area contributed by atoms with Crippen molar-refractivity contribution in [3.63, 3.8) is 0 Å². The van der Waals surface area contributed by atoms with Crippen LogP contribution in [0.25, 0.3) is 22.3 Å². The highest BCUT2D eigenvalue weighted by Crippen LogP contribution is 2.34. The summed E-state index contributed by atoms with van der Waals surface area (Å²) in [5.74, 6) is 0. The van der Waals surface area contributed by atoms with Crippen LogP contribution >= 0.6 is 11.6 Å². The lowest BCUT2D eigenvalue weighted by Gasteiger charge is -2.11. The second kappa shape index (κ2) is 5.40. The second-order valence-corrected chi connectivity index (χ2v) is 5.06. The average molecular weight is 280 g/mol. The van der Waals surface area contributed by atoms with Crippen LogP contribution in [0.3, 0.4) is 0 Å². The Morgan fingerprint density at radius 1 is 0.650 bits per heavy atom. The number of hydrogen-bond acceptors (Lipinski definition) is 1. The molecule has 3 aromatic rings. The molecule has 0 radical (unpaired) electrons. The quantitative estimate of drug-likeness (QED) is 0.637. The predicted molar refractivity (Wildman–Crippen MR) is 86.7 cm³/mol. The molecule has 0 unspecified atom stereocenters. The highest BCUT2D eigenvalue weighted by molar-refractivity contribution is 6.33. The van der Waals surface area contributed by atoms with Crippen LogP contribution in [0, 0.1) is 0 Å². The van der Waals surface area contributed by atoms with Crippen LogP contribution in [0.2, 0.25) is 5.02 Å². The molecule has 0 fully saturated rings. The minimum Gasteiger partial charge on any atom is -0.398 e. The van der Waals surface area contributed by atoms with Crippen LogP contribution in [0.5, 0.6) is 0 Å². The Labute approximate surface area is 123 Å². The van der Waals surface area contributed by atoms with E-state index in [1.165, 1.54) is 11.1 Å². The Hall–Kier alpha value is -2.25. The third-order valence-electron chi connectivity index (χ3n) is 3.32. The van der Waals surface area contributed by atoms with E-state index in [1.54, 1.807) is 0 Å². The van der Waals surface area contributed by atoms with Crippen LogP contribution in [-0.4, -0.2) is 0 Å². The minimum atomic E-state index is 0.589. The Morgan fingerprint density at radius 2 is 1.25 bits per heavy atom. The topological polar surface area (TPSA) is 26.0 Å². The monoisotopic (exact) mass is 279 g/mol. The van der Waals surface area contributed by atoms with Crippen LogP contribution < -0.4 is 5.73 Å². The van der Waals surface area contributed by atoms with E-state index in [0.717, 1.165) is 11.1 Å². The maximum Gasteiger partial charge on any atom is 0.0635 e. The average Bonchev–Trinajstić information content (AvgIpc) is 2.51. The van der Waals surface area contributed by atoms with E-state index >= 15 is 0 Å². The van der Waals surface area contributed by atoms with Crippen molar-refractivity contribution in [3.05, 3.63) is 77.8 Å². The summed E-state index contributed by atoms with van der Waals surface area (Å²) >= 11 is 6.00. The molecule has 2 N–H and O–H groups in total. The van der Waals surface area contributed by atoms with Gasteiger partial charge in [0, 0.05) is 0 Å². The van der Waals surface area contributed by atoms with Crippen molar-refractivity contribution in [2.24, 2.45) is 0 Å². The molecule has 1 nitrogen and oxygen atoms in total. The van der Waals surface area contributed by atoms with Crippen molar-refractivity contribution in [1.82, 2.24) is 0 Å². The summed E-state index contributed by atoms with van der Waals surface area (Å²) in [5, 5.41) is 0.589. The molecule has 2 heteroatoms. The molecule has 0 aliphatic rings. The van der Waals surface area contributed by atoms with Crippen LogP contribution in [0.15, 0.2) is 72.8 Å². The van der Waals surface area contributed by atoms with Gasteiger partial charge >= 0.3 is 0 Å². The van der Waals surface area contributed by atoms with Crippen LogP contribution in [-0.2, 0) is 0 Å². The normalized spacial score (nSPS) is 10.4. The highest BCUT2D eigenvalue weighted by atomic mass is 35.5.